The molecule has 0 radical (unpaired) electrons. The van der Waals surface area contributed by atoms with Crippen LogP contribution in [0.3, 0.4) is 0 Å². The van der Waals surface area contributed by atoms with Crippen molar-refractivity contribution in [3.8, 4) is 0 Å². The van der Waals surface area contributed by atoms with Crippen LogP contribution in [0.1, 0.15) is 20.8 Å². The molecule has 0 unspecified atom stereocenters. The molecular formula is C10H13F2NS. The zero-order valence-corrected chi connectivity index (χ0v) is 9.21. The van der Waals surface area contributed by atoms with Crippen molar-refractivity contribution < 1.29 is 8.78 Å². The SMILES string of the molecule is CC(C)(C)Sc1cc(F)cc(F)c1N. The Morgan fingerprint density at radius 2 is 1.79 bits per heavy atom. The fourth-order valence-electron chi connectivity index (χ4n) is 0.975. The van der Waals surface area contributed by atoms with Gasteiger partial charge in [-0.15, -0.1) is 11.8 Å². The van der Waals surface area contributed by atoms with E-state index in [0.29, 0.717) is 4.90 Å². The quantitative estimate of drug-likeness (QED) is 0.576. The summed E-state index contributed by atoms with van der Waals surface area (Å²) in [5.74, 6) is -1.29. The first kappa shape index (κ1) is 11.3. The number of benzene rings is 1. The summed E-state index contributed by atoms with van der Waals surface area (Å²) >= 11 is 1.35. The fourth-order valence-corrected chi connectivity index (χ4v) is 2.01. The van der Waals surface area contributed by atoms with Crippen LogP contribution < -0.4 is 5.73 Å². The maximum absolute atomic E-state index is 13.0. The average molecular weight is 217 g/mol. The molecular weight excluding hydrogens is 204 g/mol. The zero-order chi connectivity index (χ0) is 10.9. The Morgan fingerprint density at radius 3 is 2.29 bits per heavy atom. The lowest BCUT2D eigenvalue weighted by molar-refractivity contribution is 0.581. The molecule has 0 aromatic heterocycles. The maximum atomic E-state index is 13.0. The van der Waals surface area contributed by atoms with Gasteiger partial charge >= 0.3 is 0 Å². The van der Waals surface area contributed by atoms with Crippen LogP contribution in [-0.4, -0.2) is 4.75 Å². The Labute approximate surface area is 86.7 Å². The monoisotopic (exact) mass is 217 g/mol. The molecule has 1 aromatic carbocycles. The van der Waals surface area contributed by atoms with Crippen LogP contribution >= 0.6 is 11.8 Å². The van der Waals surface area contributed by atoms with Gasteiger partial charge in [0.05, 0.1) is 5.69 Å². The molecule has 0 spiro atoms. The third-order valence-electron chi connectivity index (χ3n) is 1.47. The van der Waals surface area contributed by atoms with Gasteiger partial charge in [0.1, 0.15) is 11.6 Å². The van der Waals surface area contributed by atoms with Crippen molar-refractivity contribution in [3.63, 3.8) is 0 Å². The van der Waals surface area contributed by atoms with Gasteiger partial charge in [-0.25, -0.2) is 8.78 Å². The minimum atomic E-state index is -0.697. The number of hydrogen-bond donors (Lipinski definition) is 1. The van der Waals surface area contributed by atoms with Gasteiger partial charge < -0.3 is 5.73 Å². The van der Waals surface area contributed by atoms with Crippen molar-refractivity contribution in [1.82, 2.24) is 0 Å². The van der Waals surface area contributed by atoms with Crippen molar-refractivity contribution in [2.24, 2.45) is 0 Å². The smallest absolute Gasteiger partial charge is 0.150 e. The summed E-state index contributed by atoms with van der Waals surface area (Å²) in [6.45, 7) is 5.87. The van der Waals surface area contributed by atoms with E-state index in [2.05, 4.69) is 0 Å². The summed E-state index contributed by atoms with van der Waals surface area (Å²) in [7, 11) is 0. The van der Waals surface area contributed by atoms with Crippen molar-refractivity contribution in [2.75, 3.05) is 5.73 Å². The highest BCUT2D eigenvalue weighted by molar-refractivity contribution is 8.00. The second-order valence-electron chi connectivity index (χ2n) is 4.01. The number of hydrogen-bond acceptors (Lipinski definition) is 2. The van der Waals surface area contributed by atoms with Gasteiger partial charge in [-0.05, 0) is 6.07 Å². The molecule has 78 valence electrons. The van der Waals surface area contributed by atoms with Gasteiger partial charge in [0.2, 0.25) is 0 Å². The van der Waals surface area contributed by atoms with Gasteiger partial charge in [0, 0.05) is 15.7 Å². The van der Waals surface area contributed by atoms with E-state index >= 15 is 0 Å². The lowest BCUT2D eigenvalue weighted by atomic mass is 10.3. The Morgan fingerprint density at radius 1 is 1.21 bits per heavy atom. The van der Waals surface area contributed by atoms with Gasteiger partial charge in [-0.1, -0.05) is 20.8 Å². The molecule has 0 bridgehead atoms. The summed E-state index contributed by atoms with van der Waals surface area (Å²) in [5.41, 5.74) is 5.52. The molecule has 0 fully saturated rings. The summed E-state index contributed by atoms with van der Waals surface area (Å²) in [4.78, 5) is 0.454. The van der Waals surface area contributed by atoms with Gasteiger partial charge in [-0.3, -0.25) is 0 Å². The number of halogens is 2. The van der Waals surface area contributed by atoms with E-state index in [1.165, 1.54) is 17.8 Å². The van der Waals surface area contributed by atoms with Crippen LogP contribution in [0.15, 0.2) is 17.0 Å². The van der Waals surface area contributed by atoms with Gasteiger partial charge in [0.15, 0.2) is 0 Å². The average Bonchev–Trinajstić information content (AvgIpc) is 1.96. The van der Waals surface area contributed by atoms with Crippen LogP contribution in [0.25, 0.3) is 0 Å². The maximum Gasteiger partial charge on any atom is 0.150 e. The van der Waals surface area contributed by atoms with E-state index < -0.39 is 11.6 Å². The van der Waals surface area contributed by atoms with Crippen LogP contribution in [0.5, 0.6) is 0 Å². The van der Waals surface area contributed by atoms with Crippen LogP contribution in [0.2, 0.25) is 0 Å². The molecule has 14 heavy (non-hydrogen) atoms. The molecule has 0 aliphatic carbocycles. The molecule has 0 aliphatic rings. The first-order valence-corrected chi connectivity index (χ1v) is 5.05. The van der Waals surface area contributed by atoms with E-state index in [9.17, 15) is 8.78 Å². The third-order valence-corrected chi connectivity index (χ3v) is 2.64. The topological polar surface area (TPSA) is 26.0 Å². The minimum Gasteiger partial charge on any atom is -0.395 e. The lowest BCUT2D eigenvalue weighted by Crippen LogP contribution is -2.08. The largest absolute Gasteiger partial charge is 0.395 e. The second kappa shape index (κ2) is 3.77. The normalized spacial score (nSPS) is 11.8. The van der Waals surface area contributed by atoms with Crippen LogP contribution in [-0.2, 0) is 0 Å². The minimum absolute atomic E-state index is 0.0197. The molecule has 0 heterocycles. The predicted octanol–water partition coefficient (Wildman–Crippen LogP) is 3.44. The van der Waals surface area contributed by atoms with E-state index in [-0.39, 0.29) is 10.4 Å². The summed E-state index contributed by atoms with van der Waals surface area (Å²) < 4.78 is 25.8. The molecule has 0 aliphatic heterocycles. The highest BCUT2D eigenvalue weighted by atomic mass is 32.2. The number of nitrogens with two attached hydrogens (primary N) is 1. The molecule has 0 atom stereocenters. The molecule has 0 saturated carbocycles. The number of rotatable bonds is 1. The molecule has 0 saturated heterocycles. The molecule has 1 aromatic rings. The summed E-state index contributed by atoms with van der Waals surface area (Å²) in [6, 6.07) is 2.05. The molecule has 4 heteroatoms. The number of thioether (sulfide) groups is 1. The molecule has 1 rings (SSSR count). The van der Waals surface area contributed by atoms with E-state index in [1.807, 2.05) is 20.8 Å². The standard InChI is InChI=1S/C10H13F2NS/c1-10(2,3)14-8-5-6(11)4-7(12)9(8)13/h4-5H,13H2,1-3H3. The van der Waals surface area contributed by atoms with Crippen molar-refractivity contribution in [2.45, 2.75) is 30.4 Å². The zero-order valence-electron chi connectivity index (χ0n) is 8.40. The Balaban J connectivity index is 3.09. The Hall–Kier alpha value is -0.770. The van der Waals surface area contributed by atoms with E-state index in [4.69, 9.17) is 5.73 Å². The van der Waals surface area contributed by atoms with Crippen LogP contribution in [0, 0.1) is 11.6 Å². The third kappa shape index (κ3) is 2.87. The van der Waals surface area contributed by atoms with Crippen molar-refractivity contribution in [1.29, 1.82) is 0 Å². The fraction of sp³-hybridized carbons (Fsp3) is 0.400. The first-order chi connectivity index (χ1) is 6.29. The number of nitrogen functional groups attached to an aromatic ring is 1. The summed E-state index contributed by atoms with van der Waals surface area (Å²) in [5, 5.41) is 0. The second-order valence-corrected chi connectivity index (χ2v) is 5.88. The molecule has 2 N–H and O–H groups in total. The van der Waals surface area contributed by atoms with Crippen LogP contribution in [0.4, 0.5) is 14.5 Å². The van der Waals surface area contributed by atoms with E-state index in [0.717, 1.165) is 6.07 Å². The molecule has 0 amide bonds. The van der Waals surface area contributed by atoms with Crippen molar-refractivity contribution in [3.05, 3.63) is 23.8 Å². The van der Waals surface area contributed by atoms with Gasteiger partial charge in [-0.2, -0.15) is 0 Å². The highest BCUT2D eigenvalue weighted by Gasteiger charge is 2.16. The number of anilines is 1. The predicted molar refractivity (Wildman–Crippen MR) is 56.4 cm³/mol. The van der Waals surface area contributed by atoms with E-state index in [1.54, 1.807) is 0 Å². The van der Waals surface area contributed by atoms with Crippen molar-refractivity contribution >= 4 is 17.4 Å². The first-order valence-electron chi connectivity index (χ1n) is 4.23. The highest BCUT2D eigenvalue weighted by Crippen LogP contribution is 2.36. The van der Waals surface area contributed by atoms with Gasteiger partial charge in [0.25, 0.3) is 0 Å². The lowest BCUT2D eigenvalue weighted by Gasteiger charge is -2.18. The summed E-state index contributed by atoms with van der Waals surface area (Å²) in [6.07, 6.45) is 0. The Bertz CT molecular complexity index is 345. The molecule has 1 nitrogen and oxygen atoms in total. The Kier molecular flexibility index (Phi) is 3.04.